The first kappa shape index (κ1) is 7.11. The molecule has 1 aromatic rings. The summed E-state index contributed by atoms with van der Waals surface area (Å²) in [4.78, 5) is 1.40. The van der Waals surface area contributed by atoms with Crippen LogP contribution in [0.25, 0.3) is 0 Å². The zero-order chi connectivity index (χ0) is 7.40. The van der Waals surface area contributed by atoms with Gasteiger partial charge in [0.25, 0.3) is 0 Å². The molecule has 0 fully saturated rings. The number of alkyl halides is 1. The van der Waals surface area contributed by atoms with Gasteiger partial charge in [-0.1, -0.05) is 0 Å². The van der Waals surface area contributed by atoms with Crippen molar-refractivity contribution < 1.29 is 4.39 Å². The van der Waals surface area contributed by atoms with Crippen molar-refractivity contribution in [3.63, 3.8) is 0 Å². The van der Waals surface area contributed by atoms with Crippen LogP contribution in [0.15, 0.2) is 0 Å². The van der Waals surface area contributed by atoms with Gasteiger partial charge in [-0.15, -0.1) is 10.2 Å². The maximum absolute atomic E-state index is 11.6. The van der Waals surface area contributed by atoms with Crippen LogP contribution in [0, 0.1) is 6.92 Å². The SMILES string of the molecule is Cc1nnn(CCCF)n1. The van der Waals surface area contributed by atoms with Crippen molar-refractivity contribution in [1.29, 1.82) is 0 Å². The van der Waals surface area contributed by atoms with E-state index >= 15 is 0 Å². The highest BCUT2D eigenvalue weighted by molar-refractivity contribution is 4.66. The van der Waals surface area contributed by atoms with Crippen LogP contribution < -0.4 is 0 Å². The molecule has 0 spiro atoms. The summed E-state index contributed by atoms with van der Waals surface area (Å²) in [6.45, 7) is 1.93. The van der Waals surface area contributed by atoms with Gasteiger partial charge >= 0.3 is 0 Å². The number of nitrogens with zero attached hydrogens (tertiary/aromatic N) is 4. The summed E-state index contributed by atoms with van der Waals surface area (Å²) in [5, 5.41) is 11.2. The number of tetrazole rings is 1. The second kappa shape index (κ2) is 3.24. The molecule has 0 radical (unpaired) electrons. The third kappa shape index (κ3) is 1.75. The highest BCUT2D eigenvalue weighted by atomic mass is 19.1. The second-order valence-electron chi connectivity index (χ2n) is 1.98. The largest absolute Gasteiger partial charge is 0.251 e. The maximum Gasteiger partial charge on any atom is 0.171 e. The van der Waals surface area contributed by atoms with Crippen molar-refractivity contribution in [2.75, 3.05) is 6.67 Å². The molecule has 0 amide bonds. The van der Waals surface area contributed by atoms with Crippen molar-refractivity contribution in [3.8, 4) is 0 Å². The Kier molecular flexibility index (Phi) is 2.30. The lowest BCUT2D eigenvalue weighted by Crippen LogP contribution is -2.03. The van der Waals surface area contributed by atoms with Crippen molar-refractivity contribution in [2.24, 2.45) is 0 Å². The average molecular weight is 144 g/mol. The van der Waals surface area contributed by atoms with Gasteiger partial charge in [-0.05, 0) is 18.6 Å². The molecule has 0 aliphatic carbocycles. The normalized spacial score (nSPS) is 10.2. The van der Waals surface area contributed by atoms with Gasteiger partial charge in [-0.25, -0.2) is 0 Å². The highest BCUT2D eigenvalue weighted by Crippen LogP contribution is 1.86. The minimum absolute atomic E-state index is 0.333. The molecule has 4 nitrogen and oxygen atoms in total. The van der Waals surface area contributed by atoms with Gasteiger partial charge in [0.2, 0.25) is 0 Å². The molecule has 0 atom stereocenters. The van der Waals surface area contributed by atoms with E-state index in [2.05, 4.69) is 15.4 Å². The molecule has 1 rings (SSSR count). The van der Waals surface area contributed by atoms with E-state index in [0.717, 1.165) is 0 Å². The highest BCUT2D eigenvalue weighted by Gasteiger charge is 1.94. The molecule has 0 aliphatic heterocycles. The van der Waals surface area contributed by atoms with E-state index < -0.39 is 0 Å². The van der Waals surface area contributed by atoms with Gasteiger partial charge in [0.15, 0.2) is 5.82 Å². The van der Waals surface area contributed by atoms with E-state index in [-0.39, 0.29) is 6.67 Å². The summed E-state index contributed by atoms with van der Waals surface area (Å²) < 4.78 is 11.6. The third-order valence-corrected chi connectivity index (χ3v) is 1.04. The molecule has 0 bridgehead atoms. The van der Waals surface area contributed by atoms with Crippen LogP contribution in [0.5, 0.6) is 0 Å². The van der Waals surface area contributed by atoms with Gasteiger partial charge in [0.1, 0.15) is 0 Å². The fourth-order valence-electron chi connectivity index (χ4n) is 0.619. The number of hydrogen-bond acceptors (Lipinski definition) is 3. The number of rotatable bonds is 3. The molecule has 0 saturated carbocycles. The summed E-state index contributed by atoms with van der Waals surface area (Å²) in [7, 11) is 0. The van der Waals surface area contributed by atoms with Crippen molar-refractivity contribution >= 4 is 0 Å². The number of aromatic nitrogens is 4. The fraction of sp³-hybridized carbons (Fsp3) is 0.800. The van der Waals surface area contributed by atoms with E-state index in [4.69, 9.17) is 0 Å². The summed E-state index contributed by atoms with van der Waals surface area (Å²) in [6, 6.07) is 0. The summed E-state index contributed by atoms with van der Waals surface area (Å²) in [5.41, 5.74) is 0. The number of aryl methyl sites for hydroxylation is 2. The van der Waals surface area contributed by atoms with Gasteiger partial charge in [0.05, 0.1) is 13.2 Å². The lowest BCUT2D eigenvalue weighted by Gasteiger charge is -1.91. The van der Waals surface area contributed by atoms with Crippen LogP contribution >= 0.6 is 0 Å². The van der Waals surface area contributed by atoms with Crippen LogP contribution in [-0.4, -0.2) is 26.9 Å². The molecule has 1 heterocycles. The molecule has 0 N–H and O–H groups in total. The van der Waals surface area contributed by atoms with E-state index in [9.17, 15) is 4.39 Å². The van der Waals surface area contributed by atoms with Crippen molar-refractivity contribution in [2.45, 2.75) is 19.9 Å². The van der Waals surface area contributed by atoms with E-state index in [1.807, 2.05) is 0 Å². The zero-order valence-electron chi connectivity index (χ0n) is 5.79. The Morgan fingerprint density at radius 1 is 1.60 bits per heavy atom. The Morgan fingerprint density at radius 3 is 2.90 bits per heavy atom. The first-order valence-corrected chi connectivity index (χ1v) is 3.13. The monoisotopic (exact) mass is 144 g/mol. The van der Waals surface area contributed by atoms with Gasteiger partial charge in [-0.3, -0.25) is 4.39 Å². The molecule has 0 aliphatic rings. The van der Waals surface area contributed by atoms with E-state index in [0.29, 0.717) is 18.8 Å². The quantitative estimate of drug-likeness (QED) is 0.614. The van der Waals surface area contributed by atoms with Crippen LogP contribution in [0.3, 0.4) is 0 Å². The molecule has 10 heavy (non-hydrogen) atoms. The molecular weight excluding hydrogens is 135 g/mol. The van der Waals surface area contributed by atoms with Crippen molar-refractivity contribution in [1.82, 2.24) is 20.2 Å². The molecular formula is C5H9FN4. The molecule has 1 aromatic heterocycles. The van der Waals surface area contributed by atoms with E-state index in [1.54, 1.807) is 6.92 Å². The predicted molar refractivity (Wildman–Crippen MR) is 33.1 cm³/mol. The van der Waals surface area contributed by atoms with Crippen LogP contribution in [0.4, 0.5) is 4.39 Å². The second-order valence-corrected chi connectivity index (χ2v) is 1.98. The first-order chi connectivity index (χ1) is 4.83. The van der Waals surface area contributed by atoms with Gasteiger partial charge in [0, 0.05) is 0 Å². The number of hydrogen-bond donors (Lipinski definition) is 0. The van der Waals surface area contributed by atoms with E-state index in [1.165, 1.54) is 4.80 Å². The third-order valence-electron chi connectivity index (χ3n) is 1.04. The van der Waals surface area contributed by atoms with Crippen LogP contribution in [-0.2, 0) is 6.54 Å². The summed E-state index contributed by atoms with van der Waals surface area (Å²) >= 11 is 0. The summed E-state index contributed by atoms with van der Waals surface area (Å²) in [5.74, 6) is 0.624. The molecule has 0 saturated heterocycles. The standard InChI is InChI=1S/C5H9FN4/c1-5-7-9-10(8-5)4-2-3-6/h2-4H2,1H3. The summed E-state index contributed by atoms with van der Waals surface area (Å²) in [6.07, 6.45) is 0.454. The Labute approximate surface area is 58.0 Å². The van der Waals surface area contributed by atoms with Crippen molar-refractivity contribution in [3.05, 3.63) is 5.82 Å². The topological polar surface area (TPSA) is 43.6 Å². The van der Waals surface area contributed by atoms with Gasteiger partial charge in [-0.2, -0.15) is 4.80 Å². The minimum Gasteiger partial charge on any atom is -0.251 e. The Morgan fingerprint density at radius 2 is 2.40 bits per heavy atom. The molecule has 5 heteroatoms. The molecule has 56 valence electrons. The fourth-order valence-corrected chi connectivity index (χ4v) is 0.619. The number of halogens is 1. The smallest absolute Gasteiger partial charge is 0.171 e. The lowest BCUT2D eigenvalue weighted by atomic mass is 10.5. The molecule has 0 unspecified atom stereocenters. The van der Waals surface area contributed by atoms with Crippen LogP contribution in [0.1, 0.15) is 12.2 Å². The maximum atomic E-state index is 11.6. The lowest BCUT2D eigenvalue weighted by molar-refractivity contribution is 0.411. The minimum atomic E-state index is -0.333. The Balaban J connectivity index is 2.42. The zero-order valence-corrected chi connectivity index (χ0v) is 5.79. The van der Waals surface area contributed by atoms with Crippen LogP contribution in [0.2, 0.25) is 0 Å². The van der Waals surface area contributed by atoms with Gasteiger partial charge < -0.3 is 0 Å². The predicted octanol–water partition coefficient (Wildman–Crippen LogP) is 0.341. The Hall–Kier alpha value is -1.00. The average Bonchev–Trinajstić information content (AvgIpc) is 2.31. The molecule has 0 aromatic carbocycles. The Bertz CT molecular complexity index is 197. The first-order valence-electron chi connectivity index (χ1n) is 3.13.